The molecule has 3 aromatic carbocycles. The van der Waals surface area contributed by atoms with E-state index in [0.29, 0.717) is 11.1 Å². The fraction of sp³-hybridized carbons (Fsp3) is 0.167. The van der Waals surface area contributed by atoms with Gasteiger partial charge in [0.2, 0.25) is 25.8 Å². The standard InChI is InChI=1S/C18H17ClN6O6S.C18H15ClN6O6S.Cr.Na/c2*1-8-4-5-14(32(20,30)31)9(2)16(8)24-18(27)15(10(3)23-24)22-21-12-6-11(19)7-13(17(12)26)25(28)29;;/h4-7,26-27H,1-3H3,(H2,20,30,31);4-7H,1-3H3,(H2,20,30,31);;/q;-2;+3;+1/p-2. The maximum atomic E-state index is 13.0. The van der Waals surface area contributed by atoms with Crippen molar-refractivity contribution < 1.29 is 88.5 Å². The number of nitrogens with two attached hydrogens (primary N) is 2. The van der Waals surface area contributed by atoms with E-state index in [0.717, 1.165) is 34.0 Å². The molecule has 0 saturated heterocycles. The summed E-state index contributed by atoms with van der Waals surface area (Å²) in [4.78, 5) is 34.9. The molecule has 6 rings (SSSR count). The van der Waals surface area contributed by atoms with Crippen LogP contribution >= 0.6 is 23.2 Å². The fourth-order valence-corrected chi connectivity index (χ4v) is 8.17. The molecule has 2 aliphatic rings. The number of aryl methyl sites for hydroxylation is 3. The number of carbonyl (C=O) groups excluding carboxylic acids is 2. The topological polar surface area (TPSA) is 376 Å². The number of nitro groups is 1. The Labute approximate surface area is 417 Å². The first-order valence-electron chi connectivity index (χ1n) is 17.6. The van der Waals surface area contributed by atoms with Gasteiger partial charge < -0.3 is 25.9 Å². The van der Waals surface area contributed by atoms with Crippen molar-refractivity contribution in [2.45, 2.75) is 51.3 Å². The molecule has 0 fully saturated rings. The van der Waals surface area contributed by atoms with E-state index in [2.05, 4.69) is 30.6 Å². The summed E-state index contributed by atoms with van der Waals surface area (Å²) in [6, 6.07) is 7.58. The van der Waals surface area contributed by atoms with Gasteiger partial charge in [-0.3, -0.25) is 19.7 Å². The minimum atomic E-state index is -4.05. The second-order valence-corrected chi connectivity index (χ2v) is 17.5. The largest absolute Gasteiger partial charge is 3.00 e. The van der Waals surface area contributed by atoms with Gasteiger partial charge in [0.15, 0.2) is 5.71 Å². The van der Waals surface area contributed by atoms with Crippen molar-refractivity contribution in [1.29, 1.82) is 0 Å². The molecule has 0 saturated carbocycles. The van der Waals surface area contributed by atoms with Crippen LogP contribution in [0.25, 0.3) is 5.69 Å². The van der Waals surface area contributed by atoms with Gasteiger partial charge in [0.25, 0.3) is 5.69 Å². The van der Waals surface area contributed by atoms with Gasteiger partial charge in [-0.15, -0.1) is 15.3 Å². The van der Waals surface area contributed by atoms with Gasteiger partial charge in [0, 0.05) is 27.8 Å². The van der Waals surface area contributed by atoms with E-state index in [-0.39, 0.29) is 112 Å². The number of azo groups is 1. The monoisotopic (exact) mass is 1030 g/mol. The van der Waals surface area contributed by atoms with Gasteiger partial charge in [-0.25, -0.2) is 31.8 Å². The summed E-state index contributed by atoms with van der Waals surface area (Å²) in [5, 5.41) is 91.5. The van der Waals surface area contributed by atoms with E-state index >= 15 is 0 Å². The van der Waals surface area contributed by atoms with E-state index in [1.54, 1.807) is 13.8 Å². The molecular weight excluding hydrogens is 1000 g/mol. The number of nitrogens with zero attached hydrogens (tertiary/aromatic N) is 10. The molecule has 1 aliphatic heterocycles. The van der Waals surface area contributed by atoms with Crippen LogP contribution in [0.1, 0.15) is 34.9 Å². The van der Waals surface area contributed by atoms with Gasteiger partial charge in [0.1, 0.15) is 11.4 Å². The number of ketones is 1. The van der Waals surface area contributed by atoms with Crippen molar-refractivity contribution in [1.82, 2.24) is 15.0 Å². The van der Waals surface area contributed by atoms with Crippen LogP contribution in [0.3, 0.4) is 0 Å². The number of hydrogen-bond acceptors (Lipinski definition) is 19. The van der Waals surface area contributed by atoms with E-state index < -0.39 is 76.3 Å². The minimum absolute atomic E-state index is 0. The predicted octanol–water partition coefficient (Wildman–Crippen LogP) is 0.928. The maximum absolute atomic E-state index is 13.0. The van der Waals surface area contributed by atoms with Crippen LogP contribution in [0, 0.1) is 55.1 Å². The number of rotatable bonds is 9. The van der Waals surface area contributed by atoms with E-state index in [1.165, 1.54) is 52.0 Å². The maximum Gasteiger partial charge on any atom is 3.00 e. The van der Waals surface area contributed by atoms with Gasteiger partial charge >= 0.3 is 52.8 Å². The molecule has 0 unspecified atom stereocenters. The van der Waals surface area contributed by atoms with Crippen LogP contribution in [0.2, 0.25) is 5.02 Å². The number of amides is 1. The first-order valence-corrected chi connectivity index (χ1v) is 21.4. The molecular formula is C36H30Cl2CrN12NaO12S2. The summed E-state index contributed by atoms with van der Waals surface area (Å²) in [6.45, 7) is 9.18. The molecule has 1 aliphatic carbocycles. The minimum Gasteiger partial charge on any atom is -0.866 e. The molecule has 30 heteroatoms. The summed E-state index contributed by atoms with van der Waals surface area (Å²) < 4.78 is 48.4. The van der Waals surface area contributed by atoms with Crippen LogP contribution < -0.4 is 55.1 Å². The number of carbonyl (C=O) groups is 2. The van der Waals surface area contributed by atoms with Crippen LogP contribution in [-0.2, 0) is 47.0 Å². The number of hydrogen-bond donors (Lipinski definition) is 2. The predicted molar refractivity (Wildman–Crippen MR) is 229 cm³/mol. The van der Waals surface area contributed by atoms with Crippen molar-refractivity contribution >= 4 is 94.8 Å². The Bertz CT molecular complexity index is 3140. The molecule has 2 heterocycles. The Morgan fingerprint density at radius 1 is 0.818 bits per heavy atom. The SMILES string of the molecule is CC1=NN(c2c(C)ccc(S(N)(=O)=O)c2C)C(=O)C1=NN=C1C=C(Cl)C=C(N([O-])[O-])C1=O.Cc1ccc(S(N)(=O)=O)c(C)c1-n1nc(C)c(N=Nc2cc(Cl)cc([N+](=O)[O-])c2[O-])c1[O-].[Cr+3].[Na+]. The average molecular weight is 1030 g/mol. The first-order chi connectivity index (χ1) is 29.6. The number of hydroxylamine groups is 2. The number of nitro benzene ring substituents is 1. The molecule has 1 aromatic heterocycles. The zero-order valence-corrected chi connectivity index (χ0v) is 41.5. The third-order valence-corrected chi connectivity index (χ3v) is 11.7. The summed E-state index contributed by atoms with van der Waals surface area (Å²) in [5.41, 5.74) is -0.744. The van der Waals surface area contributed by atoms with Gasteiger partial charge in [-0.2, -0.15) is 20.3 Å². The average Bonchev–Trinajstić information content (AvgIpc) is 3.61. The first kappa shape index (κ1) is 55.1. The second kappa shape index (κ2) is 21.2. The number of anilines is 1. The van der Waals surface area contributed by atoms with Crippen molar-refractivity contribution in [3.63, 3.8) is 0 Å². The summed E-state index contributed by atoms with van der Waals surface area (Å²) >= 11 is 11.6. The molecule has 339 valence electrons. The van der Waals surface area contributed by atoms with Crippen LogP contribution in [-0.4, -0.2) is 65.6 Å². The fourth-order valence-electron chi connectivity index (χ4n) is 6.19. The Hall–Kier alpha value is -5.25. The third-order valence-electron chi connectivity index (χ3n) is 9.12. The molecule has 0 atom stereocenters. The number of Topliss-reactive ketones (excluding diaryl/α,β-unsaturated/α-hetero) is 1. The van der Waals surface area contributed by atoms with E-state index in [1.807, 2.05) is 0 Å². The molecule has 1 radical (unpaired) electrons. The zero-order valence-electron chi connectivity index (χ0n) is 35.1. The number of aromatic nitrogens is 2. The molecule has 24 nitrogen and oxygen atoms in total. The Morgan fingerprint density at radius 3 is 1.89 bits per heavy atom. The van der Waals surface area contributed by atoms with Crippen molar-refractivity contribution in [2.24, 2.45) is 35.8 Å². The number of primary sulfonamides is 2. The van der Waals surface area contributed by atoms with Gasteiger partial charge in [0.05, 0.1) is 48.9 Å². The normalized spacial score (nSPS) is 15.2. The van der Waals surface area contributed by atoms with Gasteiger partial charge in [-0.1, -0.05) is 35.3 Å². The summed E-state index contributed by atoms with van der Waals surface area (Å²) in [5.74, 6) is -3.53. The van der Waals surface area contributed by atoms with E-state index in [9.17, 15) is 57.2 Å². The van der Waals surface area contributed by atoms with Crippen molar-refractivity contribution in [3.8, 4) is 17.3 Å². The molecule has 0 spiro atoms. The molecule has 0 bridgehead atoms. The van der Waals surface area contributed by atoms with E-state index in [4.69, 9.17) is 33.5 Å². The van der Waals surface area contributed by atoms with Crippen LogP contribution in [0.4, 0.5) is 22.7 Å². The number of sulfonamides is 2. The molecule has 66 heavy (non-hydrogen) atoms. The van der Waals surface area contributed by atoms with Crippen molar-refractivity contribution in [2.75, 3.05) is 5.01 Å². The zero-order chi connectivity index (χ0) is 47.9. The van der Waals surface area contributed by atoms with Crippen LogP contribution in [0.5, 0.6) is 11.6 Å². The smallest absolute Gasteiger partial charge is 0.866 e. The summed E-state index contributed by atoms with van der Waals surface area (Å²) in [6.07, 6.45) is 1.96. The molecule has 4 N–H and O–H groups in total. The third kappa shape index (κ3) is 11.5. The second-order valence-electron chi connectivity index (χ2n) is 13.6. The summed E-state index contributed by atoms with van der Waals surface area (Å²) in [7, 11) is -8.10. The van der Waals surface area contributed by atoms with Crippen molar-refractivity contribution in [3.05, 3.63) is 113 Å². The number of halogens is 2. The Kier molecular flexibility index (Phi) is 17.7. The number of hydrazone groups is 1. The Balaban J connectivity index is 0.000000340. The molecule has 1 amide bonds. The van der Waals surface area contributed by atoms with Gasteiger partial charge in [-0.05, 0) is 94.1 Å². The Morgan fingerprint density at radius 2 is 1.36 bits per heavy atom. The quantitative estimate of drug-likeness (QED) is 0.0775. The number of allylic oxidation sites excluding steroid dienone is 4. The molecule has 4 aromatic rings. The van der Waals surface area contributed by atoms with Crippen LogP contribution in [0.15, 0.2) is 94.6 Å². The number of benzene rings is 3.